The highest BCUT2D eigenvalue weighted by atomic mass is 15.1. The fourth-order valence-corrected chi connectivity index (χ4v) is 3.70. The molecule has 4 atom stereocenters. The van der Waals surface area contributed by atoms with Crippen LogP contribution in [-0.2, 0) is 0 Å². The maximum absolute atomic E-state index is 5.61. The highest BCUT2D eigenvalue weighted by molar-refractivity contribution is 4.80. The van der Waals surface area contributed by atoms with E-state index in [-0.39, 0.29) is 0 Å². The second-order valence-electron chi connectivity index (χ2n) is 7.17. The van der Waals surface area contributed by atoms with Gasteiger partial charge in [0.1, 0.15) is 0 Å². The Kier molecular flexibility index (Phi) is 9.47. The van der Waals surface area contributed by atoms with Gasteiger partial charge in [-0.2, -0.15) is 0 Å². The van der Waals surface area contributed by atoms with Crippen LogP contribution in [0.4, 0.5) is 0 Å². The third-order valence-corrected chi connectivity index (χ3v) is 5.16. The molecule has 2 fully saturated rings. The maximum Gasteiger partial charge on any atom is 0.0215 e. The van der Waals surface area contributed by atoms with Gasteiger partial charge in [-0.15, -0.1) is 0 Å². The normalized spacial score (nSPS) is 34.1. The molecule has 4 unspecified atom stereocenters. The van der Waals surface area contributed by atoms with Gasteiger partial charge in [-0.1, -0.05) is 0 Å². The lowest BCUT2D eigenvalue weighted by molar-refractivity contribution is 0.145. The second-order valence-corrected chi connectivity index (χ2v) is 7.17. The molecule has 0 spiro atoms. The highest BCUT2D eigenvalue weighted by Gasteiger charge is 2.23. The molecule has 6 heteroatoms. The first-order valence-electron chi connectivity index (χ1n) is 8.73. The number of likely N-dealkylation sites (N-methyl/N-ethyl adjacent to an activating group) is 1. The summed E-state index contributed by atoms with van der Waals surface area (Å²) in [5, 5.41) is 0. The van der Waals surface area contributed by atoms with E-state index < -0.39 is 0 Å². The molecule has 0 amide bonds. The van der Waals surface area contributed by atoms with Gasteiger partial charge in [0.2, 0.25) is 0 Å². The highest BCUT2D eigenvalue weighted by Crippen LogP contribution is 2.19. The molecule has 8 N–H and O–H groups in total. The van der Waals surface area contributed by atoms with Crippen LogP contribution < -0.4 is 22.9 Å². The molecule has 2 saturated heterocycles. The van der Waals surface area contributed by atoms with E-state index in [2.05, 4.69) is 23.9 Å². The van der Waals surface area contributed by atoms with Crippen molar-refractivity contribution in [3.05, 3.63) is 0 Å². The quantitative estimate of drug-likeness (QED) is 0.534. The van der Waals surface area contributed by atoms with Crippen LogP contribution in [0, 0.1) is 17.8 Å². The summed E-state index contributed by atoms with van der Waals surface area (Å²) in [7, 11) is 4.28. The number of rotatable bonds is 4. The molecule has 2 aliphatic heterocycles. The van der Waals surface area contributed by atoms with Gasteiger partial charge in [0.05, 0.1) is 0 Å². The number of hydrogen-bond donors (Lipinski definition) is 4. The number of nitrogens with two attached hydrogens (primary N) is 4. The average molecular weight is 315 g/mol. The van der Waals surface area contributed by atoms with Gasteiger partial charge in [0.25, 0.3) is 0 Å². The summed E-state index contributed by atoms with van der Waals surface area (Å²) in [6.07, 6.45) is 3.69. The first-order chi connectivity index (χ1) is 10.5. The monoisotopic (exact) mass is 314 g/mol. The number of hydrogen-bond acceptors (Lipinski definition) is 6. The van der Waals surface area contributed by atoms with Crippen molar-refractivity contribution >= 4 is 0 Å². The molecule has 0 bridgehead atoms. The Morgan fingerprint density at radius 2 is 1.27 bits per heavy atom. The minimum absolute atomic E-state index is 0.595. The van der Waals surface area contributed by atoms with Crippen molar-refractivity contribution in [2.75, 3.05) is 59.9 Å². The molecule has 6 nitrogen and oxygen atoms in total. The zero-order chi connectivity index (χ0) is 16.5. The van der Waals surface area contributed by atoms with E-state index in [0.717, 1.165) is 45.8 Å². The first-order valence-corrected chi connectivity index (χ1v) is 8.73. The van der Waals surface area contributed by atoms with Crippen LogP contribution in [0.3, 0.4) is 0 Å². The summed E-state index contributed by atoms with van der Waals surface area (Å²) < 4.78 is 0. The van der Waals surface area contributed by atoms with E-state index in [9.17, 15) is 0 Å². The van der Waals surface area contributed by atoms with Gasteiger partial charge in [-0.05, 0) is 70.7 Å². The van der Waals surface area contributed by atoms with Crippen LogP contribution >= 0.6 is 0 Å². The zero-order valence-electron chi connectivity index (χ0n) is 14.6. The summed E-state index contributed by atoms with van der Waals surface area (Å²) in [4.78, 5) is 4.67. The maximum atomic E-state index is 5.61. The van der Waals surface area contributed by atoms with E-state index in [4.69, 9.17) is 22.9 Å². The Labute approximate surface area is 136 Å². The van der Waals surface area contributed by atoms with Crippen molar-refractivity contribution in [3.63, 3.8) is 0 Å². The lowest BCUT2D eigenvalue weighted by Gasteiger charge is -2.36. The van der Waals surface area contributed by atoms with Crippen molar-refractivity contribution in [1.29, 1.82) is 0 Å². The standard InChI is InChI=1S/2C8H19N3/c1-11-5-7(3-9)2-8(4-10)6-11;1-11-6-7(4-9)2-3-8(11)5-10/h2*7-8H,2-6,9-10H2,1H3. The van der Waals surface area contributed by atoms with Gasteiger partial charge in [0, 0.05) is 32.2 Å². The fraction of sp³-hybridized carbons (Fsp3) is 1.00. The smallest absolute Gasteiger partial charge is 0.0215 e. The van der Waals surface area contributed by atoms with Gasteiger partial charge >= 0.3 is 0 Å². The molecule has 2 heterocycles. The number of piperidine rings is 2. The van der Waals surface area contributed by atoms with Crippen LogP contribution in [0.15, 0.2) is 0 Å². The third-order valence-electron chi connectivity index (χ3n) is 5.16. The van der Waals surface area contributed by atoms with E-state index >= 15 is 0 Å². The van der Waals surface area contributed by atoms with E-state index in [1.165, 1.54) is 19.3 Å². The lowest BCUT2D eigenvalue weighted by Crippen LogP contribution is -2.46. The largest absolute Gasteiger partial charge is 0.330 e. The van der Waals surface area contributed by atoms with E-state index in [1.807, 2.05) is 0 Å². The summed E-state index contributed by atoms with van der Waals surface area (Å²) in [5.41, 5.74) is 22.4. The fourth-order valence-electron chi connectivity index (χ4n) is 3.70. The Balaban J connectivity index is 0.000000220. The predicted octanol–water partition coefficient (Wildman–Crippen LogP) is -0.914. The van der Waals surface area contributed by atoms with Crippen molar-refractivity contribution in [3.8, 4) is 0 Å². The van der Waals surface area contributed by atoms with Crippen molar-refractivity contribution in [2.45, 2.75) is 25.3 Å². The molecule has 0 saturated carbocycles. The molecule has 0 aromatic rings. The van der Waals surface area contributed by atoms with Crippen LogP contribution in [0.25, 0.3) is 0 Å². The Morgan fingerprint density at radius 1 is 0.727 bits per heavy atom. The molecule has 2 rings (SSSR count). The van der Waals surface area contributed by atoms with Crippen LogP contribution in [0.2, 0.25) is 0 Å². The first kappa shape index (κ1) is 19.8. The minimum Gasteiger partial charge on any atom is -0.330 e. The van der Waals surface area contributed by atoms with Gasteiger partial charge in [0.15, 0.2) is 0 Å². The molecule has 22 heavy (non-hydrogen) atoms. The van der Waals surface area contributed by atoms with Crippen LogP contribution in [0.5, 0.6) is 0 Å². The van der Waals surface area contributed by atoms with Crippen LogP contribution in [0.1, 0.15) is 19.3 Å². The van der Waals surface area contributed by atoms with E-state index in [0.29, 0.717) is 23.8 Å². The predicted molar refractivity (Wildman–Crippen MR) is 94.5 cm³/mol. The van der Waals surface area contributed by atoms with Gasteiger partial charge in [-0.3, -0.25) is 0 Å². The molecule has 2 aliphatic rings. The van der Waals surface area contributed by atoms with Crippen molar-refractivity contribution in [1.82, 2.24) is 9.80 Å². The average Bonchev–Trinajstić information content (AvgIpc) is 2.54. The number of likely N-dealkylation sites (tertiary alicyclic amines) is 2. The SMILES string of the molecule is CN1CC(CN)CC(CN)C1.CN1CC(CN)CCC1CN. The minimum atomic E-state index is 0.595. The third kappa shape index (κ3) is 6.48. The molecular formula is C16H38N6. The van der Waals surface area contributed by atoms with Crippen LogP contribution in [-0.4, -0.2) is 75.8 Å². The van der Waals surface area contributed by atoms with Crippen molar-refractivity contribution in [2.24, 2.45) is 40.7 Å². The molecule has 0 radical (unpaired) electrons. The van der Waals surface area contributed by atoms with Gasteiger partial charge in [-0.25, -0.2) is 0 Å². The Bertz CT molecular complexity index is 276. The Hall–Kier alpha value is -0.240. The second kappa shape index (κ2) is 10.5. The molecular weight excluding hydrogens is 276 g/mol. The lowest BCUT2D eigenvalue weighted by atomic mass is 9.90. The molecule has 0 aromatic heterocycles. The number of nitrogens with zero attached hydrogens (tertiary/aromatic N) is 2. The summed E-state index contributed by atoms with van der Waals surface area (Å²) >= 11 is 0. The van der Waals surface area contributed by atoms with Crippen molar-refractivity contribution < 1.29 is 0 Å². The molecule has 132 valence electrons. The topological polar surface area (TPSA) is 111 Å². The summed E-state index contributed by atoms with van der Waals surface area (Å²) in [5.74, 6) is 2.03. The molecule has 0 aliphatic carbocycles. The van der Waals surface area contributed by atoms with Gasteiger partial charge < -0.3 is 32.7 Å². The molecule has 0 aromatic carbocycles. The summed E-state index contributed by atoms with van der Waals surface area (Å²) in [6, 6.07) is 0.595. The summed E-state index contributed by atoms with van der Waals surface area (Å²) in [6.45, 7) is 6.63. The zero-order valence-corrected chi connectivity index (χ0v) is 14.6. The van der Waals surface area contributed by atoms with E-state index in [1.54, 1.807) is 0 Å². The Morgan fingerprint density at radius 3 is 1.68 bits per heavy atom.